The van der Waals surface area contributed by atoms with Crippen molar-refractivity contribution in [2.24, 2.45) is 17.4 Å². The maximum absolute atomic E-state index is 14.1. The number of esters is 1. The second-order valence-corrected chi connectivity index (χ2v) is 17.9. The van der Waals surface area contributed by atoms with Crippen LogP contribution in [0.25, 0.3) is 0 Å². The van der Waals surface area contributed by atoms with Gasteiger partial charge in [0.25, 0.3) is 0 Å². The summed E-state index contributed by atoms with van der Waals surface area (Å²) in [5.74, 6) is -0.253. The number of aliphatic hydroxyl groups is 1. The maximum atomic E-state index is 14.1. The predicted molar refractivity (Wildman–Crippen MR) is 220 cm³/mol. The van der Waals surface area contributed by atoms with Gasteiger partial charge < -0.3 is 40.6 Å². The standard InChI is InChI=1S/C44H80N6O6/c1-3-37-21-15-16-26-43(56-37)32-35-23-24-38-40(44(27-18-20-34(2)55-44)48-42(47-43)50(35)38)41(53)54-31-17-13-11-9-7-5-4-6-8-10-12-14-22-39(52)49(30-19-28-45)33-36(51)25-29-46/h15,21,34-38,40,42,47-48,51H,3-14,16-20,22-33,45-46H2,1-2H3/p+1/t34-,35+,36?,37+,38-,40-,42?,43+,44-/m1/s1. The average Bonchev–Trinajstić information content (AvgIpc) is 3.48. The van der Waals surface area contributed by atoms with Crippen LogP contribution in [-0.4, -0.2) is 103 Å². The van der Waals surface area contributed by atoms with Gasteiger partial charge in [0, 0.05) is 38.8 Å². The Morgan fingerprint density at radius 1 is 0.929 bits per heavy atom. The molecule has 5 rings (SSSR count). The number of aliphatic hydroxyl groups excluding tert-OH is 1. The molecule has 3 unspecified atom stereocenters. The molecule has 4 saturated heterocycles. The Morgan fingerprint density at radius 3 is 2.32 bits per heavy atom. The minimum atomic E-state index is -0.706. The van der Waals surface area contributed by atoms with Gasteiger partial charge in [0.2, 0.25) is 12.2 Å². The number of unbranched alkanes of at least 4 members (excludes halogenated alkanes) is 11. The van der Waals surface area contributed by atoms with E-state index in [2.05, 4.69) is 36.6 Å². The van der Waals surface area contributed by atoms with Gasteiger partial charge in [-0.05, 0) is 84.2 Å². The van der Waals surface area contributed by atoms with Crippen LogP contribution < -0.4 is 27.0 Å². The second kappa shape index (κ2) is 23.2. The summed E-state index contributed by atoms with van der Waals surface area (Å²) in [4.78, 5) is 30.0. The summed E-state index contributed by atoms with van der Waals surface area (Å²) < 4.78 is 19.8. The topological polar surface area (TPSA) is 166 Å². The molecule has 5 heterocycles. The summed E-state index contributed by atoms with van der Waals surface area (Å²) in [6.45, 7) is 6.76. The zero-order valence-corrected chi connectivity index (χ0v) is 35.3. The number of hydrogen-bond donors (Lipinski definition) is 6. The fourth-order valence-electron chi connectivity index (χ4n) is 10.6. The van der Waals surface area contributed by atoms with Crippen molar-refractivity contribution in [1.29, 1.82) is 0 Å². The summed E-state index contributed by atoms with van der Waals surface area (Å²) in [7, 11) is 0. The summed E-state index contributed by atoms with van der Waals surface area (Å²) in [5, 5.41) is 18.0. The number of nitrogens with one attached hydrogen (secondary N) is 3. The van der Waals surface area contributed by atoms with E-state index in [4.69, 9.17) is 25.7 Å². The van der Waals surface area contributed by atoms with E-state index in [1.54, 1.807) is 4.90 Å². The summed E-state index contributed by atoms with van der Waals surface area (Å²) in [6.07, 6.45) is 28.7. The number of hydrogen-bond acceptors (Lipinski definition) is 10. The van der Waals surface area contributed by atoms with Gasteiger partial charge in [0.05, 0.1) is 31.0 Å². The molecule has 0 aromatic heterocycles. The number of nitrogens with zero attached hydrogens (tertiary/aromatic N) is 1. The molecule has 4 fully saturated rings. The van der Waals surface area contributed by atoms with Gasteiger partial charge in [-0.15, -0.1) is 0 Å². The lowest BCUT2D eigenvalue weighted by molar-refractivity contribution is -0.985. The van der Waals surface area contributed by atoms with Crippen LogP contribution in [0.15, 0.2) is 12.2 Å². The Labute approximate surface area is 338 Å². The lowest BCUT2D eigenvalue weighted by atomic mass is 9.79. The number of carbonyl (C=O) groups is 2. The van der Waals surface area contributed by atoms with Gasteiger partial charge >= 0.3 is 5.97 Å². The summed E-state index contributed by atoms with van der Waals surface area (Å²) in [5.41, 5.74) is 10.2. The van der Waals surface area contributed by atoms with Crippen LogP contribution >= 0.6 is 0 Å². The molecule has 5 aliphatic rings. The van der Waals surface area contributed by atoms with Gasteiger partial charge in [0.15, 0.2) is 5.92 Å². The Bertz CT molecular complexity index is 1210. The van der Waals surface area contributed by atoms with E-state index < -0.39 is 11.8 Å². The number of nitrogens with two attached hydrogens (primary N) is 2. The first-order chi connectivity index (χ1) is 27.2. The molecule has 5 aliphatic heterocycles. The van der Waals surface area contributed by atoms with Crippen LogP contribution in [-0.2, 0) is 23.8 Å². The largest absolute Gasteiger partial charge is 0.465 e. The normalized spacial score (nSPS) is 33.0. The van der Waals surface area contributed by atoms with Crippen molar-refractivity contribution in [3.05, 3.63) is 12.2 Å². The molecular weight excluding hydrogens is 709 g/mol. The molecule has 0 saturated carbocycles. The van der Waals surface area contributed by atoms with Crippen molar-refractivity contribution >= 4 is 11.9 Å². The molecule has 8 N–H and O–H groups in total. The smallest absolute Gasteiger partial charge is 0.319 e. The molecule has 1 amide bonds. The third-order valence-electron chi connectivity index (χ3n) is 13.5. The van der Waals surface area contributed by atoms with Crippen molar-refractivity contribution in [3.8, 4) is 0 Å². The lowest BCUT2D eigenvalue weighted by Gasteiger charge is -2.58. The molecule has 0 aliphatic carbocycles. The van der Waals surface area contributed by atoms with Crippen LogP contribution in [0.4, 0.5) is 0 Å². The average molecular weight is 790 g/mol. The molecule has 0 bridgehead atoms. The third kappa shape index (κ3) is 12.7. The minimum Gasteiger partial charge on any atom is -0.465 e. The van der Waals surface area contributed by atoms with E-state index in [0.717, 1.165) is 89.9 Å². The number of quaternary nitrogens is 1. The summed E-state index contributed by atoms with van der Waals surface area (Å²) in [6, 6.07) is 0.627. The van der Waals surface area contributed by atoms with Crippen LogP contribution in [0.5, 0.6) is 0 Å². The first-order valence-corrected chi connectivity index (χ1v) is 23.2. The lowest BCUT2D eigenvalue weighted by Crippen LogP contribution is -3.29. The van der Waals surface area contributed by atoms with E-state index in [9.17, 15) is 14.7 Å². The first kappa shape index (κ1) is 45.4. The molecule has 2 spiro atoms. The second-order valence-electron chi connectivity index (χ2n) is 17.9. The highest BCUT2D eigenvalue weighted by Crippen LogP contribution is 2.42. The molecular formula is C44H81N6O6+. The van der Waals surface area contributed by atoms with Gasteiger partial charge in [0.1, 0.15) is 17.5 Å². The Morgan fingerprint density at radius 2 is 1.64 bits per heavy atom. The molecule has 0 aromatic rings. The fourth-order valence-corrected chi connectivity index (χ4v) is 10.6. The van der Waals surface area contributed by atoms with Crippen molar-refractivity contribution < 1.29 is 33.8 Å². The van der Waals surface area contributed by atoms with Crippen LogP contribution in [0.1, 0.15) is 168 Å². The number of ether oxygens (including phenoxy) is 3. The molecule has 12 heteroatoms. The number of rotatable bonds is 24. The predicted octanol–water partition coefficient (Wildman–Crippen LogP) is 4.53. The van der Waals surface area contributed by atoms with Crippen molar-refractivity contribution in [3.63, 3.8) is 0 Å². The molecule has 0 radical (unpaired) electrons. The molecule has 0 aromatic carbocycles. The first-order valence-electron chi connectivity index (χ1n) is 23.2. The summed E-state index contributed by atoms with van der Waals surface area (Å²) >= 11 is 0. The monoisotopic (exact) mass is 790 g/mol. The van der Waals surface area contributed by atoms with E-state index in [0.29, 0.717) is 51.7 Å². The van der Waals surface area contributed by atoms with Gasteiger partial charge in [-0.1, -0.05) is 83.3 Å². The molecule has 322 valence electrons. The van der Waals surface area contributed by atoms with Crippen molar-refractivity contribution in [2.45, 2.75) is 216 Å². The van der Waals surface area contributed by atoms with Gasteiger partial charge in [-0.2, -0.15) is 0 Å². The van der Waals surface area contributed by atoms with Crippen LogP contribution in [0, 0.1) is 5.92 Å². The minimum absolute atomic E-state index is 0.00848. The molecule has 56 heavy (non-hydrogen) atoms. The Hall–Kier alpha value is -1.64. The molecule has 12 nitrogen and oxygen atoms in total. The van der Waals surface area contributed by atoms with E-state index in [1.807, 2.05) is 0 Å². The van der Waals surface area contributed by atoms with Gasteiger partial charge in [-0.3, -0.25) is 9.59 Å². The Balaban J connectivity index is 0.949. The van der Waals surface area contributed by atoms with E-state index in [-0.39, 0.29) is 48.1 Å². The maximum Gasteiger partial charge on any atom is 0.319 e. The number of carbonyl (C=O) groups excluding carboxylic acids is 2. The Kier molecular flexibility index (Phi) is 18.8. The number of amides is 1. The highest BCUT2D eigenvalue weighted by atomic mass is 16.6. The quantitative estimate of drug-likeness (QED) is 0.0465. The zero-order valence-electron chi connectivity index (χ0n) is 35.3. The van der Waals surface area contributed by atoms with E-state index >= 15 is 0 Å². The number of allylic oxidation sites excluding steroid dienone is 1. The third-order valence-corrected chi connectivity index (χ3v) is 13.5. The zero-order chi connectivity index (χ0) is 39.8. The van der Waals surface area contributed by atoms with Gasteiger partial charge in [-0.25, -0.2) is 10.6 Å². The highest BCUT2D eigenvalue weighted by molar-refractivity contribution is 5.76. The van der Waals surface area contributed by atoms with Crippen LogP contribution in [0.3, 0.4) is 0 Å². The molecule has 10 atom stereocenters. The fraction of sp³-hybridized carbons (Fsp3) is 0.909. The highest BCUT2D eigenvalue weighted by Gasteiger charge is 2.66. The van der Waals surface area contributed by atoms with Crippen LogP contribution in [0.2, 0.25) is 0 Å². The van der Waals surface area contributed by atoms with Crippen molar-refractivity contribution in [2.75, 3.05) is 32.8 Å². The van der Waals surface area contributed by atoms with Crippen molar-refractivity contribution in [1.82, 2.24) is 15.5 Å². The SMILES string of the molecule is CC[C@H]1C=CCC[C@@]2(C[C@@H]3CC[C@@H]4[C@H](C(=O)OCCCCCCCCCCCCCCC(=O)N(CCCN)CC(O)CCN)[C@]5(CCC[C@@H](C)O5)NC(N2)[NH+]34)O1. The van der Waals surface area contributed by atoms with E-state index in [1.165, 1.54) is 56.3 Å².